The molecule has 5 nitrogen and oxygen atoms in total. The largest absolute Gasteiger partial charge is 0.507 e. The van der Waals surface area contributed by atoms with E-state index in [2.05, 4.69) is 4.72 Å². The van der Waals surface area contributed by atoms with Crippen molar-refractivity contribution in [2.24, 2.45) is 0 Å². The summed E-state index contributed by atoms with van der Waals surface area (Å²) >= 11 is 0. The van der Waals surface area contributed by atoms with Crippen LogP contribution in [-0.2, 0) is 16.4 Å². The summed E-state index contributed by atoms with van der Waals surface area (Å²) in [5.41, 5.74) is 1.07. The van der Waals surface area contributed by atoms with Gasteiger partial charge < -0.3 is 9.84 Å². The molecule has 2 N–H and O–H groups in total. The van der Waals surface area contributed by atoms with Crippen LogP contribution < -0.4 is 9.46 Å². The number of phenolic OH excluding ortho intramolecular Hbond substituents is 1. The van der Waals surface area contributed by atoms with Crippen molar-refractivity contribution < 1.29 is 18.3 Å². The minimum atomic E-state index is -3.75. The van der Waals surface area contributed by atoms with E-state index in [1.165, 1.54) is 12.1 Å². The molecular weight excluding hydrogens is 290 g/mol. The summed E-state index contributed by atoms with van der Waals surface area (Å²) in [6.07, 6.45) is 0.433. The first-order valence-electron chi connectivity index (χ1n) is 6.58. The molecule has 0 aliphatic carbocycles. The highest BCUT2D eigenvalue weighted by atomic mass is 32.2. The molecule has 1 unspecified atom stereocenters. The van der Waals surface area contributed by atoms with E-state index < -0.39 is 10.0 Å². The average molecular weight is 305 g/mol. The number of sulfonamides is 1. The van der Waals surface area contributed by atoms with E-state index in [1.807, 2.05) is 24.3 Å². The van der Waals surface area contributed by atoms with Crippen molar-refractivity contribution in [3.63, 3.8) is 0 Å². The molecule has 6 heteroatoms. The first-order chi connectivity index (χ1) is 10.1. The van der Waals surface area contributed by atoms with Gasteiger partial charge in [0.15, 0.2) is 0 Å². The van der Waals surface area contributed by atoms with Crippen molar-refractivity contribution in [2.75, 3.05) is 6.54 Å². The van der Waals surface area contributed by atoms with Crippen molar-refractivity contribution in [3.8, 4) is 11.5 Å². The molecule has 0 aromatic heterocycles. The number of rotatable bonds is 4. The normalized spacial score (nSPS) is 17.2. The Balaban J connectivity index is 1.68. The predicted molar refractivity (Wildman–Crippen MR) is 77.9 cm³/mol. The van der Waals surface area contributed by atoms with Crippen LogP contribution in [0, 0.1) is 0 Å². The highest BCUT2D eigenvalue weighted by Gasteiger charge is 2.25. The number of fused-ring (bicyclic) bond motifs is 1. The van der Waals surface area contributed by atoms with E-state index in [-0.39, 0.29) is 23.3 Å². The first kappa shape index (κ1) is 13.9. The molecule has 1 aliphatic rings. The van der Waals surface area contributed by atoms with Gasteiger partial charge in [-0.15, -0.1) is 0 Å². The standard InChI is InChI=1S/C15H15NO4S/c17-13-6-2-4-8-15(13)21(18,19)16-10-12-9-11-5-1-3-7-14(11)20-12/h1-8,12,16-17H,9-10H2. The molecule has 1 heterocycles. The lowest BCUT2D eigenvalue weighted by molar-refractivity contribution is 0.236. The van der Waals surface area contributed by atoms with E-state index >= 15 is 0 Å². The quantitative estimate of drug-likeness (QED) is 0.901. The summed E-state index contributed by atoms with van der Waals surface area (Å²) in [5, 5.41) is 9.63. The molecule has 1 atom stereocenters. The van der Waals surface area contributed by atoms with E-state index in [4.69, 9.17) is 4.74 Å². The van der Waals surface area contributed by atoms with Crippen LogP contribution in [0.2, 0.25) is 0 Å². The Morgan fingerprint density at radius 2 is 1.86 bits per heavy atom. The Bertz CT molecular complexity index is 733. The molecular formula is C15H15NO4S. The molecule has 110 valence electrons. The van der Waals surface area contributed by atoms with E-state index in [0.29, 0.717) is 6.42 Å². The lowest BCUT2D eigenvalue weighted by Gasteiger charge is -2.13. The minimum Gasteiger partial charge on any atom is -0.507 e. The third kappa shape index (κ3) is 2.86. The van der Waals surface area contributed by atoms with Gasteiger partial charge >= 0.3 is 0 Å². The summed E-state index contributed by atoms with van der Waals surface area (Å²) in [4.78, 5) is -0.125. The topological polar surface area (TPSA) is 75.6 Å². The molecule has 0 radical (unpaired) electrons. The molecule has 2 aromatic carbocycles. The molecule has 0 fully saturated rings. The van der Waals surface area contributed by atoms with Gasteiger partial charge in [0.05, 0.1) is 0 Å². The second kappa shape index (κ2) is 5.38. The number of hydrogen-bond donors (Lipinski definition) is 2. The fourth-order valence-electron chi connectivity index (χ4n) is 2.33. The highest BCUT2D eigenvalue weighted by Crippen LogP contribution is 2.28. The molecule has 0 bridgehead atoms. The molecule has 0 saturated carbocycles. The Labute approximate surface area is 123 Å². The zero-order valence-electron chi connectivity index (χ0n) is 11.2. The van der Waals surface area contributed by atoms with Crippen molar-refractivity contribution >= 4 is 10.0 Å². The van der Waals surface area contributed by atoms with Crippen LogP contribution in [0.25, 0.3) is 0 Å². The zero-order valence-corrected chi connectivity index (χ0v) is 12.0. The maximum Gasteiger partial charge on any atom is 0.244 e. The molecule has 0 spiro atoms. The van der Waals surface area contributed by atoms with Crippen molar-refractivity contribution in [1.29, 1.82) is 0 Å². The van der Waals surface area contributed by atoms with Crippen LogP contribution in [0.4, 0.5) is 0 Å². The summed E-state index contributed by atoms with van der Waals surface area (Å²) in [6.45, 7) is 0.158. The number of hydrogen-bond acceptors (Lipinski definition) is 4. The van der Waals surface area contributed by atoms with Gasteiger partial charge in [0, 0.05) is 13.0 Å². The fourth-order valence-corrected chi connectivity index (χ4v) is 3.49. The van der Waals surface area contributed by atoms with E-state index in [9.17, 15) is 13.5 Å². The van der Waals surface area contributed by atoms with Crippen molar-refractivity contribution in [1.82, 2.24) is 4.72 Å². The molecule has 3 rings (SSSR count). The fraction of sp³-hybridized carbons (Fsp3) is 0.200. The van der Waals surface area contributed by atoms with Crippen LogP contribution in [0.15, 0.2) is 53.4 Å². The van der Waals surface area contributed by atoms with Gasteiger partial charge in [-0.1, -0.05) is 30.3 Å². The monoisotopic (exact) mass is 305 g/mol. The number of benzene rings is 2. The number of ether oxygens (including phenoxy) is 1. The van der Waals surface area contributed by atoms with Gasteiger partial charge in [-0.05, 0) is 23.8 Å². The zero-order chi connectivity index (χ0) is 14.9. The maximum atomic E-state index is 12.2. The van der Waals surface area contributed by atoms with Crippen LogP contribution in [0.1, 0.15) is 5.56 Å². The lowest BCUT2D eigenvalue weighted by Crippen LogP contribution is -2.34. The lowest BCUT2D eigenvalue weighted by atomic mass is 10.1. The number of phenols is 1. The predicted octanol–water partition coefficient (Wildman–Crippen LogP) is 1.67. The van der Waals surface area contributed by atoms with Gasteiger partial charge in [0.25, 0.3) is 0 Å². The van der Waals surface area contributed by atoms with Gasteiger partial charge in [0.1, 0.15) is 22.5 Å². The molecule has 1 aliphatic heterocycles. The van der Waals surface area contributed by atoms with Gasteiger partial charge in [-0.3, -0.25) is 0 Å². The first-order valence-corrected chi connectivity index (χ1v) is 8.07. The Morgan fingerprint density at radius 1 is 1.14 bits per heavy atom. The van der Waals surface area contributed by atoms with Gasteiger partial charge in [0.2, 0.25) is 10.0 Å². The second-order valence-corrected chi connectivity index (χ2v) is 6.61. The molecule has 0 amide bonds. The maximum absolute atomic E-state index is 12.2. The molecule has 21 heavy (non-hydrogen) atoms. The third-order valence-corrected chi connectivity index (χ3v) is 4.84. The second-order valence-electron chi connectivity index (χ2n) is 4.87. The smallest absolute Gasteiger partial charge is 0.244 e. The summed E-state index contributed by atoms with van der Waals surface area (Å²) in [5.74, 6) is 0.532. The van der Waals surface area contributed by atoms with Crippen LogP contribution in [0.3, 0.4) is 0 Å². The summed E-state index contributed by atoms with van der Waals surface area (Å²) in [7, 11) is -3.75. The Morgan fingerprint density at radius 3 is 2.62 bits per heavy atom. The van der Waals surface area contributed by atoms with Crippen LogP contribution in [-0.4, -0.2) is 26.2 Å². The summed E-state index contributed by atoms with van der Waals surface area (Å²) < 4.78 is 32.5. The van der Waals surface area contributed by atoms with Crippen molar-refractivity contribution in [3.05, 3.63) is 54.1 Å². The molecule has 0 saturated heterocycles. The number of nitrogens with one attached hydrogen (secondary N) is 1. The van der Waals surface area contributed by atoms with Gasteiger partial charge in [-0.25, -0.2) is 13.1 Å². The van der Waals surface area contributed by atoms with Crippen LogP contribution in [0.5, 0.6) is 11.5 Å². The SMILES string of the molecule is O=S(=O)(NCC1Cc2ccccc2O1)c1ccccc1O. The average Bonchev–Trinajstić information content (AvgIpc) is 2.88. The van der Waals surface area contributed by atoms with E-state index in [0.717, 1.165) is 11.3 Å². The molecule has 2 aromatic rings. The Kier molecular flexibility index (Phi) is 3.57. The van der Waals surface area contributed by atoms with Crippen LogP contribution >= 0.6 is 0 Å². The third-order valence-electron chi connectivity index (χ3n) is 3.37. The number of para-hydroxylation sites is 2. The van der Waals surface area contributed by atoms with Crippen molar-refractivity contribution in [2.45, 2.75) is 17.4 Å². The minimum absolute atomic E-state index is 0.125. The van der Waals surface area contributed by atoms with Gasteiger partial charge in [-0.2, -0.15) is 0 Å². The highest BCUT2D eigenvalue weighted by molar-refractivity contribution is 7.89. The number of aromatic hydroxyl groups is 1. The summed E-state index contributed by atoms with van der Waals surface area (Å²) in [6, 6.07) is 13.5. The Hall–Kier alpha value is -2.05. The van der Waals surface area contributed by atoms with E-state index in [1.54, 1.807) is 12.1 Å².